The van der Waals surface area contributed by atoms with Gasteiger partial charge in [-0.05, 0) is 0 Å². The van der Waals surface area contributed by atoms with E-state index < -0.39 is 0 Å². The van der Waals surface area contributed by atoms with E-state index in [9.17, 15) is 0 Å². The third kappa shape index (κ3) is 0.745. The van der Waals surface area contributed by atoms with Gasteiger partial charge in [-0.25, -0.2) is 0 Å². The summed E-state index contributed by atoms with van der Waals surface area (Å²) in [6.45, 7) is 4.12. The smallest absolute Gasteiger partial charge is 0 e. The fourth-order valence-corrected chi connectivity index (χ4v) is 1.09. The molecule has 0 saturated heterocycles. The molecule has 0 unspecified atom stereocenters. The second kappa shape index (κ2) is 1.94. The first-order valence-electron chi connectivity index (χ1n) is 3.26. The number of rotatable bonds is 0. The molecule has 1 N–H and O–H groups in total. The van der Waals surface area contributed by atoms with Gasteiger partial charge in [-0.3, -0.25) is 0 Å². The van der Waals surface area contributed by atoms with E-state index >= 15 is 0 Å². The molecule has 50 valence electrons. The average molecular weight is 132 g/mol. The van der Waals surface area contributed by atoms with Gasteiger partial charge in [0.25, 0.3) is 0 Å². The molecule has 0 aliphatic carbocycles. The number of aryl methyl sites for hydroxylation is 1. The van der Waals surface area contributed by atoms with Gasteiger partial charge in [0.15, 0.2) is 0 Å². The molecular weight excluding hydrogens is 123 g/mol. The standard InChI is InChI=1S/C7H7BN2.H2/c1-5-8-6-3-2-4-9-7(6)10-5;/h2-4H,1H3,(H,9,10);1H. The molecule has 0 bridgehead atoms. The van der Waals surface area contributed by atoms with Crippen LogP contribution in [-0.4, -0.2) is 16.9 Å². The second-order valence-corrected chi connectivity index (χ2v) is 2.39. The van der Waals surface area contributed by atoms with Crippen LogP contribution in [0.15, 0.2) is 18.3 Å². The van der Waals surface area contributed by atoms with Crippen molar-refractivity contribution in [1.29, 1.82) is 0 Å². The summed E-state index contributed by atoms with van der Waals surface area (Å²) >= 11 is 0. The maximum absolute atomic E-state index is 4.15. The SMILES string of the molecule is Cc1bc2cccnc2[nH]1.[HH]. The van der Waals surface area contributed by atoms with E-state index in [2.05, 4.69) is 16.9 Å². The molecule has 0 amide bonds. The number of hydrogen-bond donors (Lipinski definition) is 1. The second-order valence-electron chi connectivity index (χ2n) is 2.39. The zero-order chi connectivity index (χ0) is 6.97. The number of hydrogen-bond acceptors (Lipinski definition) is 1. The van der Waals surface area contributed by atoms with E-state index in [0.29, 0.717) is 0 Å². The Morgan fingerprint density at radius 1 is 1.70 bits per heavy atom. The van der Waals surface area contributed by atoms with Crippen molar-refractivity contribution in [3.63, 3.8) is 0 Å². The van der Waals surface area contributed by atoms with Gasteiger partial charge in [0.2, 0.25) is 0 Å². The summed E-state index contributed by atoms with van der Waals surface area (Å²) in [7, 11) is 0. The summed E-state index contributed by atoms with van der Waals surface area (Å²) in [4.78, 5) is 7.29. The van der Waals surface area contributed by atoms with Crippen molar-refractivity contribution < 1.29 is 1.43 Å². The Bertz CT molecular complexity index is 325. The number of nitrogens with one attached hydrogen (secondary N) is 1. The van der Waals surface area contributed by atoms with Crippen LogP contribution < -0.4 is 0 Å². The van der Waals surface area contributed by atoms with Crippen molar-refractivity contribution in [2.75, 3.05) is 0 Å². The molecule has 2 nitrogen and oxygen atoms in total. The minimum Gasteiger partial charge on any atom is 0 e. The Kier molecular flexibility index (Phi) is 1.10. The average Bonchev–Trinajstić information content (AvgIpc) is 2.27. The Morgan fingerprint density at radius 3 is 3.40 bits per heavy atom. The van der Waals surface area contributed by atoms with Crippen LogP contribution in [0.5, 0.6) is 0 Å². The maximum atomic E-state index is 4.15. The zero-order valence-electron chi connectivity index (χ0n) is 5.76. The van der Waals surface area contributed by atoms with E-state index in [1.807, 2.05) is 19.1 Å². The van der Waals surface area contributed by atoms with Crippen LogP contribution in [0.1, 0.15) is 7.02 Å². The predicted octanol–water partition coefficient (Wildman–Crippen LogP) is 1.46. The molecule has 2 aromatic heterocycles. The molecule has 0 saturated carbocycles. The molecule has 3 heteroatoms. The summed E-state index contributed by atoms with van der Waals surface area (Å²) in [6.07, 6.45) is 1.79. The van der Waals surface area contributed by atoms with Crippen LogP contribution in [0.3, 0.4) is 0 Å². The number of H-pyrrole nitrogens is 1. The third-order valence-electron chi connectivity index (χ3n) is 1.53. The van der Waals surface area contributed by atoms with E-state index in [-0.39, 0.29) is 1.43 Å². The van der Waals surface area contributed by atoms with Gasteiger partial charge in [0, 0.05) is 1.43 Å². The van der Waals surface area contributed by atoms with Gasteiger partial charge < -0.3 is 0 Å². The molecule has 0 radical (unpaired) electrons. The first-order valence-corrected chi connectivity index (χ1v) is 3.26. The topological polar surface area (TPSA) is 28.7 Å². The fourth-order valence-electron chi connectivity index (χ4n) is 1.09. The fraction of sp³-hybridized carbons (Fsp3) is 0.143. The van der Waals surface area contributed by atoms with Crippen LogP contribution in [-0.2, 0) is 0 Å². The van der Waals surface area contributed by atoms with Gasteiger partial charge >= 0.3 is 58.6 Å². The normalized spacial score (nSPS) is 10.1. The summed E-state index contributed by atoms with van der Waals surface area (Å²) in [5.41, 5.74) is 2.13. The van der Waals surface area contributed by atoms with E-state index in [1.54, 1.807) is 6.20 Å². The van der Waals surface area contributed by atoms with E-state index in [1.165, 1.54) is 5.28 Å². The predicted molar refractivity (Wildman–Crippen MR) is 44.3 cm³/mol. The van der Waals surface area contributed by atoms with Crippen molar-refractivity contribution in [3.05, 3.63) is 23.9 Å². The van der Waals surface area contributed by atoms with Gasteiger partial charge in [0.05, 0.1) is 0 Å². The Labute approximate surface area is 61.0 Å². The quantitative estimate of drug-likeness (QED) is 0.577. The molecule has 10 heavy (non-hydrogen) atoms. The van der Waals surface area contributed by atoms with Crippen LogP contribution in [0.2, 0.25) is 0 Å². The number of aromatic amines is 1. The number of fused-ring (bicyclic) bond motifs is 1. The number of aromatic nitrogens is 2. The van der Waals surface area contributed by atoms with Crippen molar-refractivity contribution in [2.45, 2.75) is 6.92 Å². The molecule has 0 aliphatic rings. The largest absolute Gasteiger partial charge is 0 e. The molecule has 0 aromatic carbocycles. The Hall–Kier alpha value is -1.12. The van der Waals surface area contributed by atoms with Crippen molar-refractivity contribution in [3.8, 4) is 0 Å². The van der Waals surface area contributed by atoms with Gasteiger partial charge in [0.1, 0.15) is 0 Å². The summed E-state index contributed by atoms with van der Waals surface area (Å²) in [5, 5.41) is 1.18. The van der Waals surface area contributed by atoms with Crippen molar-refractivity contribution >= 4 is 17.8 Å². The van der Waals surface area contributed by atoms with Crippen molar-refractivity contribution in [1.82, 2.24) is 9.97 Å². The Balaban J connectivity index is 0.000000605. The molecular formula is C7H9BN2. The van der Waals surface area contributed by atoms with E-state index in [0.717, 1.165) is 11.2 Å². The Morgan fingerprint density at radius 2 is 2.60 bits per heavy atom. The minimum absolute atomic E-state index is 0. The molecule has 0 atom stereocenters. The van der Waals surface area contributed by atoms with Crippen LogP contribution in [0.4, 0.5) is 0 Å². The molecule has 0 spiro atoms. The molecule has 2 heterocycles. The maximum Gasteiger partial charge on any atom is 0 e. The van der Waals surface area contributed by atoms with Crippen LogP contribution in [0, 0.1) is 6.92 Å². The summed E-state index contributed by atoms with van der Waals surface area (Å²) in [5.74, 6) is 0. The monoisotopic (exact) mass is 132 g/mol. The molecule has 0 fully saturated rings. The zero-order valence-corrected chi connectivity index (χ0v) is 5.76. The van der Waals surface area contributed by atoms with E-state index in [4.69, 9.17) is 0 Å². The van der Waals surface area contributed by atoms with Crippen molar-refractivity contribution in [2.24, 2.45) is 0 Å². The molecule has 0 aliphatic heterocycles. The molecule has 2 rings (SSSR count). The number of nitrogens with zero attached hydrogens (tertiary/aromatic N) is 1. The first-order chi connectivity index (χ1) is 4.86. The van der Waals surface area contributed by atoms with Gasteiger partial charge in [-0.1, -0.05) is 0 Å². The molecule has 2 aromatic rings. The summed E-state index contributed by atoms with van der Waals surface area (Å²) < 4.78 is 0. The van der Waals surface area contributed by atoms with Gasteiger partial charge in [-0.15, -0.1) is 0 Å². The van der Waals surface area contributed by atoms with Crippen LogP contribution in [0.25, 0.3) is 10.9 Å². The van der Waals surface area contributed by atoms with Gasteiger partial charge in [-0.2, -0.15) is 0 Å². The third-order valence-corrected chi connectivity index (χ3v) is 1.53. The first kappa shape index (κ1) is 5.65. The minimum atomic E-state index is 0. The summed E-state index contributed by atoms with van der Waals surface area (Å²) in [6, 6.07) is 3.99. The van der Waals surface area contributed by atoms with Crippen LogP contribution >= 0.6 is 0 Å². The number of pyridine rings is 1.